The number of fused-ring (bicyclic) bond motifs is 3. The summed E-state index contributed by atoms with van der Waals surface area (Å²) in [5.41, 5.74) is 3.86. The van der Waals surface area contributed by atoms with Crippen molar-refractivity contribution in [1.29, 1.82) is 0 Å². The van der Waals surface area contributed by atoms with E-state index in [9.17, 15) is 13.8 Å². The molecule has 3 aromatic rings. The number of methoxy groups -OCH3 is 1. The van der Waals surface area contributed by atoms with Crippen LogP contribution in [0, 0.1) is 11.8 Å². The summed E-state index contributed by atoms with van der Waals surface area (Å²) in [4.78, 5) is 37.2. The van der Waals surface area contributed by atoms with E-state index in [0.717, 1.165) is 44.3 Å². The van der Waals surface area contributed by atoms with E-state index >= 15 is 0 Å². The molecule has 1 aliphatic carbocycles. The Labute approximate surface area is 287 Å². The molecule has 1 unspecified atom stereocenters. The Morgan fingerprint density at radius 3 is 2.81 bits per heavy atom. The molecule has 48 heavy (non-hydrogen) atoms. The van der Waals surface area contributed by atoms with E-state index in [1.165, 1.54) is 29.7 Å². The number of allylic oxidation sites excluding steroid dienone is 1. The van der Waals surface area contributed by atoms with E-state index in [0.29, 0.717) is 54.3 Å². The van der Waals surface area contributed by atoms with Crippen molar-refractivity contribution in [2.45, 2.75) is 64.0 Å². The number of carbonyl (C=O) groups is 2. The maximum absolute atomic E-state index is 14.2. The van der Waals surface area contributed by atoms with Crippen molar-refractivity contribution in [1.82, 2.24) is 14.7 Å². The minimum atomic E-state index is -3.46. The van der Waals surface area contributed by atoms with Crippen LogP contribution in [0.1, 0.15) is 65.7 Å². The maximum Gasteiger partial charge on any atom is 0.286 e. The van der Waals surface area contributed by atoms with Gasteiger partial charge in [0.1, 0.15) is 15.7 Å². The molecule has 3 aliphatic rings. The van der Waals surface area contributed by atoms with Crippen LogP contribution in [0.15, 0.2) is 71.5 Å². The zero-order chi connectivity index (χ0) is 33.5. The lowest BCUT2D eigenvalue weighted by atomic mass is 9.70. The number of ether oxygens (including phenoxy) is 2. The number of halogens is 1. The lowest BCUT2D eigenvalue weighted by Gasteiger charge is -2.43. The molecule has 254 valence electrons. The minimum absolute atomic E-state index is 0.0124. The Morgan fingerprint density at radius 2 is 2.02 bits per heavy atom. The summed E-state index contributed by atoms with van der Waals surface area (Å²) >= 11 is 6.44. The molecule has 1 aromatic heterocycles. The van der Waals surface area contributed by atoms with Crippen LogP contribution in [-0.4, -0.2) is 58.1 Å². The van der Waals surface area contributed by atoms with Gasteiger partial charge in [-0.2, -0.15) is 0 Å². The molecule has 0 spiro atoms. The van der Waals surface area contributed by atoms with Crippen molar-refractivity contribution in [2.75, 3.05) is 30.9 Å². The first-order valence-electron chi connectivity index (χ1n) is 16.6. The van der Waals surface area contributed by atoms with Crippen LogP contribution in [0.4, 0.5) is 5.69 Å². The number of aromatic nitrogens is 2. The average molecular weight is 692 g/mol. The van der Waals surface area contributed by atoms with Crippen molar-refractivity contribution in [3.8, 4) is 5.75 Å². The Hall–Kier alpha value is -3.80. The second kappa shape index (κ2) is 15.6. The third-order valence-electron chi connectivity index (χ3n) is 9.38. The molecule has 0 radical (unpaired) electrons. The zero-order valence-electron chi connectivity index (χ0n) is 27.2. The SMILES string of the molecule is CO[C@H]1/C=C/CCCS(=O)(NC(=O)Cc2cnccn2)=NC(=O)c2ccc3c(c2)N(Cc2ccc(Cl)cc2CCCCO3)C[C@@H]2CC[C@H]21. The standard InChI is InChI=1S/C36H42ClN5O5S/c1-46-33-8-3-2-6-18-48(45,40-35(43)21-30-22-38-15-16-39-30)41-36(44)26-11-14-34-32(20-26)42(24-28-10-13-31(28)33)23-27-9-12-29(37)19-25(27)7-4-5-17-47-34/h3,8-9,11-12,14-16,19-20,22,28,31,33H,2,4-7,10,13,17-18,21,23-24H2,1H3,(H,40,41,43,44,45)/b8-3+/t28-,31+,33-,48?/m0/s1. The maximum atomic E-state index is 14.2. The molecular weight excluding hydrogens is 650 g/mol. The van der Waals surface area contributed by atoms with Gasteiger partial charge in [0.25, 0.3) is 5.91 Å². The molecule has 1 saturated carbocycles. The molecular formula is C36H42ClN5O5S. The Morgan fingerprint density at radius 1 is 1.12 bits per heavy atom. The van der Waals surface area contributed by atoms with E-state index in [4.69, 9.17) is 21.1 Å². The first-order valence-corrected chi connectivity index (χ1v) is 18.7. The molecule has 2 amide bonds. The number of nitrogens with zero attached hydrogens (tertiary/aromatic N) is 4. The summed E-state index contributed by atoms with van der Waals surface area (Å²) < 4.78 is 33.3. The summed E-state index contributed by atoms with van der Waals surface area (Å²) in [5.74, 6) is 0.190. The van der Waals surface area contributed by atoms with E-state index in [2.05, 4.69) is 42.2 Å². The Bertz CT molecular complexity index is 1780. The van der Waals surface area contributed by atoms with Crippen molar-refractivity contribution in [3.63, 3.8) is 0 Å². The summed E-state index contributed by atoms with van der Waals surface area (Å²) in [6, 6.07) is 11.3. The fourth-order valence-corrected chi connectivity index (χ4v) is 8.51. The number of hydrogen-bond acceptors (Lipinski definition) is 8. The average Bonchev–Trinajstić information content (AvgIpc) is 3.08. The highest BCUT2D eigenvalue weighted by atomic mass is 35.5. The van der Waals surface area contributed by atoms with E-state index in [1.807, 2.05) is 18.2 Å². The van der Waals surface area contributed by atoms with Crippen LogP contribution in [0.2, 0.25) is 5.02 Å². The highest BCUT2D eigenvalue weighted by Crippen LogP contribution is 2.42. The van der Waals surface area contributed by atoms with Crippen LogP contribution < -0.4 is 14.4 Å². The highest BCUT2D eigenvalue weighted by molar-refractivity contribution is 7.92. The second-order valence-electron chi connectivity index (χ2n) is 12.7. The van der Waals surface area contributed by atoms with Crippen LogP contribution in [0.3, 0.4) is 0 Å². The van der Waals surface area contributed by atoms with Gasteiger partial charge in [-0.3, -0.25) is 24.3 Å². The number of nitrogens with one attached hydrogen (secondary N) is 1. The van der Waals surface area contributed by atoms with Crippen LogP contribution in [0.5, 0.6) is 5.75 Å². The summed E-state index contributed by atoms with van der Waals surface area (Å²) in [6.45, 7) is 1.87. The smallest absolute Gasteiger partial charge is 0.286 e. The van der Waals surface area contributed by atoms with Crippen LogP contribution in [0.25, 0.3) is 0 Å². The minimum Gasteiger partial charge on any atom is -0.491 e. The van der Waals surface area contributed by atoms with Crippen molar-refractivity contribution >= 4 is 39.0 Å². The number of aryl methyl sites for hydroxylation is 1. The highest BCUT2D eigenvalue weighted by Gasteiger charge is 2.38. The molecule has 3 heterocycles. The van der Waals surface area contributed by atoms with Gasteiger partial charge in [0.2, 0.25) is 5.91 Å². The van der Waals surface area contributed by atoms with Gasteiger partial charge in [-0.25, -0.2) is 4.21 Å². The van der Waals surface area contributed by atoms with Crippen LogP contribution in [-0.2, 0) is 38.8 Å². The molecule has 1 fully saturated rings. The number of benzene rings is 2. The quantitative estimate of drug-likeness (QED) is 0.325. The predicted molar refractivity (Wildman–Crippen MR) is 186 cm³/mol. The number of amides is 2. The van der Waals surface area contributed by atoms with E-state index < -0.39 is 21.7 Å². The van der Waals surface area contributed by atoms with E-state index in [-0.39, 0.29) is 23.8 Å². The fourth-order valence-electron chi connectivity index (χ4n) is 6.72. The van der Waals surface area contributed by atoms with Gasteiger partial charge in [-0.05, 0) is 98.2 Å². The molecule has 10 nitrogen and oxygen atoms in total. The molecule has 2 bridgehead atoms. The fraction of sp³-hybridized carbons (Fsp3) is 0.444. The van der Waals surface area contributed by atoms with Crippen molar-refractivity contribution < 1.29 is 23.3 Å². The van der Waals surface area contributed by atoms with Crippen LogP contribution >= 0.6 is 11.6 Å². The lowest BCUT2D eigenvalue weighted by Crippen LogP contribution is -2.43. The molecule has 4 atom stereocenters. The molecule has 1 N–H and O–H groups in total. The zero-order valence-corrected chi connectivity index (χ0v) is 28.8. The van der Waals surface area contributed by atoms with Crippen molar-refractivity contribution in [2.24, 2.45) is 16.2 Å². The number of carbonyl (C=O) groups excluding carboxylic acids is 2. The van der Waals surface area contributed by atoms with Gasteiger partial charge < -0.3 is 14.4 Å². The first-order chi connectivity index (χ1) is 23.3. The van der Waals surface area contributed by atoms with Gasteiger partial charge >= 0.3 is 0 Å². The first kappa shape index (κ1) is 34.1. The molecule has 12 heteroatoms. The van der Waals surface area contributed by atoms with Crippen molar-refractivity contribution in [3.05, 3.63) is 94.5 Å². The topological polar surface area (TPSA) is 123 Å². The molecule has 2 aliphatic heterocycles. The van der Waals surface area contributed by atoms with Gasteiger partial charge in [0.05, 0.1) is 36.3 Å². The summed E-state index contributed by atoms with van der Waals surface area (Å²) in [7, 11) is -1.72. The Kier molecular flexibility index (Phi) is 11.1. The van der Waals surface area contributed by atoms with E-state index in [1.54, 1.807) is 19.2 Å². The summed E-state index contributed by atoms with van der Waals surface area (Å²) in [6.07, 6.45) is 14.3. The number of rotatable bonds is 4. The second-order valence-corrected chi connectivity index (χ2v) is 15.2. The molecule has 6 rings (SSSR count). The lowest BCUT2D eigenvalue weighted by molar-refractivity contribution is -0.118. The van der Waals surface area contributed by atoms with Gasteiger partial charge in [0, 0.05) is 49.4 Å². The molecule has 2 aromatic carbocycles. The Balaban J connectivity index is 1.41. The van der Waals surface area contributed by atoms with Gasteiger partial charge in [0.15, 0.2) is 0 Å². The number of anilines is 1. The normalized spacial score (nSPS) is 25.5. The third kappa shape index (κ3) is 8.43. The number of hydrogen-bond donors (Lipinski definition) is 1. The monoisotopic (exact) mass is 691 g/mol. The molecule has 0 saturated heterocycles. The summed E-state index contributed by atoms with van der Waals surface area (Å²) in [5, 5.41) is 0.712. The van der Waals surface area contributed by atoms with Gasteiger partial charge in [-0.15, -0.1) is 4.36 Å². The van der Waals surface area contributed by atoms with Gasteiger partial charge in [-0.1, -0.05) is 29.8 Å². The largest absolute Gasteiger partial charge is 0.491 e. The predicted octanol–water partition coefficient (Wildman–Crippen LogP) is 6.13. The third-order valence-corrected chi connectivity index (χ3v) is 11.5.